The average Bonchev–Trinajstić information content (AvgIpc) is 3.21. The Labute approximate surface area is 190 Å². The standard InChI is InChI=1S/C25H22ClN3OS/c1-16-11-21(26)13-22-23(16)28-25(31-22)29(15-17-5-4-10-27-14-17)24(30)20-9-8-18-6-2-3-7-19(18)12-20/h4-5,8-14H,2-3,6-7,15H2,1H3. The van der Waals surface area contributed by atoms with Crippen LogP contribution in [-0.2, 0) is 19.4 Å². The lowest BCUT2D eigenvalue weighted by Crippen LogP contribution is -2.30. The van der Waals surface area contributed by atoms with Gasteiger partial charge in [0.05, 0.1) is 16.8 Å². The van der Waals surface area contributed by atoms with Gasteiger partial charge in [-0.15, -0.1) is 0 Å². The summed E-state index contributed by atoms with van der Waals surface area (Å²) < 4.78 is 0.981. The average molecular weight is 448 g/mol. The highest BCUT2D eigenvalue weighted by Gasteiger charge is 2.23. The molecular weight excluding hydrogens is 426 g/mol. The van der Waals surface area contributed by atoms with E-state index in [1.54, 1.807) is 17.3 Å². The maximum Gasteiger partial charge on any atom is 0.260 e. The number of aryl methyl sites for hydroxylation is 3. The minimum atomic E-state index is -0.0416. The second-order valence-electron chi connectivity index (χ2n) is 8.01. The van der Waals surface area contributed by atoms with E-state index >= 15 is 0 Å². The highest BCUT2D eigenvalue weighted by atomic mass is 35.5. The van der Waals surface area contributed by atoms with Crippen LogP contribution in [0, 0.1) is 6.92 Å². The molecule has 0 N–H and O–H groups in total. The molecule has 4 nitrogen and oxygen atoms in total. The molecule has 2 aromatic carbocycles. The zero-order valence-electron chi connectivity index (χ0n) is 17.3. The number of thiazole rings is 1. The summed E-state index contributed by atoms with van der Waals surface area (Å²) in [6.45, 7) is 2.41. The van der Waals surface area contributed by atoms with E-state index in [2.05, 4.69) is 17.1 Å². The van der Waals surface area contributed by atoms with Crippen LogP contribution in [0.15, 0.2) is 54.9 Å². The van der Waals surface area contributed by atoms with Gasteiger partial charge in [-0.25, -0.2) is 4.98 Å². The van der Waals surface area contributed by atoms with E-state index in [0.29, 0.717) is 22.3 Å². The van der Waals surface area contributed by atoms with Gasteiger partial charge in [-0.1, -0.05) is 35.1 Å². The van der Waals surface area contributed by atoms with E-state index in [0.717, 1.165) is 34.2 Å². The van der Waals surface area contributed by atoms with Gasteiger partial charge in [-0.2, -0.15) is 0 Å². The molecule has 0 saturated carbocycles. The number of hydrogen-bond donors (Lipinski definition) is 0. The molecule has 31 heavy (non-hydrogen) atoms. The van der Waals surface area contributed by atoms with E-state index in [4.69, 9.17) is 16.6 Å². The number of rotatable bonds is 4. The zero-order valence-corrected chi connectivity index (χ0v) is 18.8. The van der Waals surface area contributed by atoms with Crippen LogP contribution in [0.1, 0.15) is 45.5 Å². The summed E-state index contributed by atoms with van der Waals surface area (Å²) in [7, 11) is 0. The number of benzene rings is 2. The fraction of sp³-hybridized carbons (Fsp3) is 0.240. The van der Waals surface area contributed by atoms with Crippen LogP contribution in [0.4, 0.5) is 5.13 Å². The van der Waals surface area contributed by atoms with Crippen LogP contribution in [0.3, 0.4) is 0 Å². The molecule has 1 amide bonds. The maximum absolute atomic E-state index is 13.7. The number of amides is 1. The lowest BCUT2D eigenvalue weighted by molar-refractivity contribution is 0.0985. The number of halogens is 1. The third-order valence-electron chi connectivity index (χ3n) is 5.77. The van der Waals surface area contributed by atoms with E-state index in [1.165, 1.54) is 35.3 Å². The van der Waals surface area contributed by atoms with Crippen molar-refractivity contribution in [3.63, 3.8) is 0 Å². The molecule has 4 aromatic rings. The Balaban J connectivity index is 1.57. The van der Waals surface area contributed by atoms with Crippen LogP contribution in [0.25, 0.3) is 10.2 Å². The number of pyridine rings is 1. The number of carbonyl (C=O) groups is 1. The molecule has 0 aliphatic heterocycles. The molecular formula is C25H22ClN3OS. The summed E-state index contributed by atoms with van der Waals surface area (Å²) in [4.78, 5) is 24.5. The number of fused-ring (bicyclic) bond motifs is 2. The minimum absolute atomic E-state index is 0.0416. The first-order valence-corrected chi connectivity index (χ1v) is 11.7. The monoisotopic (exact) mass is 447 g/mol. The second kappa shape index (κ2) is 8.40. The fourth-order valence-electron chi connectivity index (χ4n) is 4.18. The lowest BCUT2D eigenvalue weighted by atomic mass is 9.90. The fourth-order valence-corrected chi connectivity index (χ4v) is 5.60. The first-order valence-electron chi connectivity index (χ1n) is 10.5. The van der Waals surface area contributed by atoms with E-state index in [1.807, 2.05) is 37.3 Å². The largest absolute Gasteiger partial charge is 0.279 e. The van der Waals surface area contributed by atoms with Crippen LogP contribution < -0.4 is 4.90 Å². The van der Waals surface area contributed by atoms with Crippen molar-refractivity contribution in [2.75, 3.05) is 4.90 Å². The van der Waals surface area contributed by atoms with Crippen molar-refractivity contribution in [3.05, 3.63) is 87.7 Å². The summed E-state index contributed by atoms with van der Waals surface area (Å²) >= 11 is 7.75. The Morgan fingerprint density at radius 3 is 2.77 bits per heavy atom. The third-order valence-corrected chi connectivity index (χ3v) is 7.02. The number of aromatic nitrogens is 2. The van der Waals surface area contributed by atoms with Gasteiger partial charge >= 0.3 is 0 Å². The lowest BCUT2D eigenvalue weighted by Gasteiger charge is -2.22. The number of nitrogens with zero attached hydrogens (tertiary/aromatic N) is 3. The van der Waals surface area contributed by atoms with Crippen LogP contribution in [0.5, 0.6) is 0 Å². The third kappa shape index (κ3) is 4.08. The van der Waals surface area contributed by atoms with Gasteiger partial charge in [0, 0.05) is 23.0 Å². The van der Waals surface area contributed by atoms with Crippen molar-refractivity contribution in [1.82, 2.24) is 9.97 Å². The van der Waals surface area contributed by atoms with Gasteiger partial charge in [-0.05, 0) is 85.2 Å². The van der Waals surface area contributed by atoms with Gasteiger partial charge in [0.2, 0.25) is 0 Å². The summed E-state index contributed by atoms with van der Waals surface area (Å²) in [6, 6.07) is 13.8. The molecule has 1 aliphatic rings. The maximum atomic E-state index is 13.7. The first kappa shape index (κ1) is 20.2. The van der Waals surface area contributed by atoms with Crippen LogP contribution in [0.2, 0.25) is 5.02 Å². The van der Waals surface area contributed by atoms with E-state index in [-0.39, 0.29) is 5.91 Å². The summed E-state index contributed by atoms with van der Waals surface area (Å²) in [6.07, 6.45) is 8.08. The summed E-state index contributed by atoms with van der Waals surface area (Å²) in [5.41, 5.74) is 6.23. The molecule has 0 spiro atoms. The molecule has 156 valence electrons. The highest BCUT2D eigenvalue weighted by molar-refractivity contribution is 7.22. The Morgan fingerprint density at radius 2 is 1.97 bits per heavy atom. The van der Waals surface area contributed by atoms with Crippen molar-refractivity contribution < 1.29 is 4.79 Å². The molecule has 0 unspecified atom stereocenters. The Morgan fingerprint density at radius 1 is 1.13 bits per heavy atom. The smallest absolute Gasteiger partial charge is 0.260 e. The van der Waals surface area contributed by atoms with Gasteiger partial charge < -0.3 is 0 Å². The topological polar surface area (TPSA) is 46.1 Å². The molecule has 0 radical (unpaired) electrons. The second-order valence-corrected chi connectivity index (χ2v) is 9.45. The molecule has 0 atom stereocenters. The predicted molar refractivity (Wildman–Crippen MR) is 127 cm³/mol. The van der Waals surface area contributed by atoms with Crippen molar-refractivity contribution in [3.8, 4) is 0 Å². The van der Waals surface area contributed by atoms with E-state index < -0.39 is 0 Å². The summed E-state index contributed by atoms with van der Waals surface area (Å²) in [5.74, 6) is -0.0416. The normalized spacial score (nSPS) is 13.2. The molecule has 6 heteroatoms. The highest BCUT2D eigenvalue weighted by Crippen LogP contribution is 2.34. The van der Waals surface area contributed by atoms with Crippen LogP contribution >= 0.6 is 22.9 Å². The van der Waals surface area contributed by atoms with Crippen molar-refractivity contribution in [2.24, 2.45) is 0 Å². The number of hydrogen-bond acceptors (Lipinski definition) is 4. The Hall–Kier alpha value is -2.76. The molecule has 1 aliphatic carbocycles. The van der Waals surface area contributed by atoms with Crippen molar-refractivity contribution in [1.29, 1.82) is 0 Å². The molecule has 0 fully saturated rings. The van der Waals surface area contributed by atoms with Crippen molar-refractivity contribution >= 4 is 44.2 Å². The summed E-state index contributed by atoms with van der Waals surface area (Å²) in [5, 5.41) is 1.35. The molecule has 0 saturated heterocycles. The zero-order chi connectivity index (χ0) is 21.4. The molecule has 2 aromatic heterocycles. The number of carbonyl (C=O) groups excluding carboxylic acids is 1. The van der Waals surface area contributed by atoms with E-state index in [9.17, 15) is 4.79 Å². The van der Waals surface area contributed by atoms with Crippen LogP contribution in [-0.4, -0.2) is 15.9 Å². The van der Waals surface area contributed by atoms with Crippen molar-refractivity contribution in [2.45, 2.75) is 39.2 Å². The van der Waals surface area contributed by atoms with Gasteiger partial charge in [-0.3, -0.25) is 14.7 Å². The van der Waals surface area contributed by atoms with Gasteiger partial charge in [0.25, 0.3) is 5.91 Å². The SMILES string of the molecule is Cc1cc(Cl)cc2sc(N(Cc3cccnc3)C(=O)c3ccc4c(c3)CCCC4)nc12. The molecule has 2 heterocycles. The minimum Gasteiger partial charge on any atom is -0.279 e. The Bertz CT molecular complexity index is 1270. The molecule has 5 rings (SSSR count). The predicted octanol–water partition coefficient (Wildman–Crippen LogP) is 6.38. The Kier molecular flexibility index (Phi) is 5.47. The number of anilines is 1. The van der Waals surface area contributed by atoms with Gasteiger partial charge in [0.1, 0.15) is 0 Å². The van der Waals surface area contributed by atoms with Gasteiger partial charge in [0.15, 0.2) is 5.13 Å². The first-order chi connectivity index (χ1) is 15.1. The molecule has 0 bridgehead atoms. The quantitative estimate of drug-likeness (QED) is 0.364.